The lowest BCUT2D eigenvalue weighted by Crippen LogP contribution is -2.12. The molecule has 1 aromatic rings. The lowest BCUT2D eigenvalue weighted by Gasteiger charge is -2.16. The van der Waals surface area contributed by atoms with Gasteiger partial charge in [-0.25, -0.2) is 0 Å². The molecule has 0 bridgehead atoms. The van der Waals surface area contributed by atoms with Crippen LogP contribution in [-0.2, 0) is 6.61 Å². The minimum Gasteiger partial charge on any atom is -0.491 e. The summed E-state index contributed by atoms with van der Waals surface area (Å²) in [7, 11) is 1.59. The summed E-state index contributed by atoms with van der Waals surface area (Å²) in [4.78, 5) is 4.05. The fourth-order valence-corrected chi connectivity index (χ4v) is 1.98. The van der Waals surface area contributed by atoms with Gasteiger partial charge < -0.3 is 14.6 Å². The zero-order valence-electron chi connectivity index (χ0n) is 9.48. The zero-order chi connectivity index (χ0) is 11.4. The number of pyridine rings is 1. The van der Waals surface area contributed by atoms with Gasteiger partial charge in [-0.3, -0.25) is 4.98 Å². The summed E-state index contributed by atoms with van der Waals surface area (Å²) < 4.78 is 11.0. The summed E-state index contributed by atoms with van der Waals surface area (Å²) >= 11 is 0. The van der Waals surface area contributed by atoms with Gasteiger partial charge in [0.1, 0.15) is 0 Å². The number of nitrogens with zero attached hydrogens (tertiary/aromatic N) is 1. The van der Waals surface area contributed by atoms with Crippen LogP contribution in [0.5, 0.6) is 11.5 Å². The van der Waals surface area contributed by atoms with Gasteiger partial charge in [0.25, 0.3) is 0 Å². The van der Waals surface area contributed by atoms with Crippen LogP contribution >= 0.6 is 0 Å². The second-order valence-electron chi connectivity index (χ2n) is 4.01. The molecule has 0 atom stereocenters. The van der Waals surface area contributed by atoms with E-state index in [2.05, 4.69) is 4.98 Å². The third kappa shape index (κ3) is 2.44. The quantitative estimate of drug-likeness (QED) is 0.847. The van der Waals surface area contributed by atoms with E-state index < -0.39 is 0 Å². The Morgan fingerprint density at radius 2 is 2.12 bits per heavy atom. The molecule has 0 aromatic carbocycles. The summed E-state index contributed by atoms with van der Waals surface area (Å²) in [5, 5.41) is 9.03. The van der Waals surface area contributed by atoms with Gasteiger partial charge in [0, 0.05) is 6.07 Å². The van der Waals surface area contributed by atoms with Crippen molar-refractivity contribution in [2.24, 2.45) is 0 Å². The maximum absolute atomic E-state index is 9.03. The van der Waals surface area contributed by atoms with Gasteiger partial charge in [-0.1, -0.05) is 0 Å². The van der Waals surface area contributed by atoms with Crippen LogP contribution in [0.25, 0.3) is 0 Å². The molecular formula is C12H17NO3. The maximum Gasteiger partial charge on any atom is 0.179 e. The molecule has 4 heteroatoms. The first-order valence-corrected chi connectivity index (χ1v) is 5.64. The van der Waals surface area contributed by atoms with E-state index in [9.17, 15) is 0 Å². The van der Waals surface area contributed by atoms with Crippen molar-refractivity contribution >= 4 is 0 Å². The minimum atomic E-state index is -0.0784. The Kier molecular flexibility index (Phi) is 3.62. The predicted octanol–water partition coefficient (Wildman–Crippen LogP) is 1.90. The first-order chi connectivity index (χ1) is 7.83. The highest BCUT2D eigenvalue weighted by Gasteiger charge is 2.18. The van der Waals surface area contributed by atoms with Gasteiger partial charge in [-0.15, -0.1) is 0 Å². The summed E-state index contributed by atoms with van der Waals surface area (Å²) in [5.41, 5.74) is 0.605. The summed E-state index contributed by atoms with van der Waals surface area (Å²) in [6.07, 6.45) is 6.52. The van der Waals surface area contributed by atoms with E-state index in [0.29, 0.717) is 17.2 Å². The lowest BCUT2D eigenvalue weighted by atomic mass is 10.3. The number of aliphatic hydroxyl groups excluding tert-OH is 1. The summed E-state index contributed by atoms with van der Waals surface area (Å²) in [5.74, 6) is 1.32. The van der Waals surface area contributed by atoms with Crippen LogP contribution in [0.15, 0.2) is 12.3 Å². The molecule has 88 valence electrons. The molecule has 2 rings (SSSR count). The second-order valence-corrected chi connectivity index (χ2v) is 4.01. The number of hydrogen-bond acceptors (Lipinski definition) is 4. The Balaban J connectivity index is 2.15. The van der Waals surface area contributed by atoms with Crippen LogP contribution in [0.1, 0.15) is 31.4 Å². The van der Waals surface area contributed by atoms with E-state index in [4.69, 9.17) is 14.6 Å². The second kappa shape index (κ2) is 5.16. The molecule has 0 unspecified atom stereocenters. The van der Waals surface area contributed by atoms with Gasteiger partial charge >= 0.3 is 0 Å². The summed E-state index contributed by atoms with van der Waals surface area (Å²) in [6, 6.07) is 1.75. The Morgan fingerprint density at radius 3 is 2.75 bits per heavy atom. The number of aliphatic hydroxyl groups is 1. The zero-order valence-corrected chi connectivity index (χ0v) is 9.48. The average Bonchev–Trinajstić information content (AvgIpc) is 2.82. The van der Waals surface area contributed by atoms with Crippen LogP contribution in [0.2, 0.25) is 0 Å². The smallest absolute Gasteiger partial charge is 0.179 e. The average molecular weight is 223 g/mol. The molecule has 1 saturated carbocycles. The maximum atomic E-state index is 9.03. The molecule has 16 heavy (non-hydrogen) atoms. The Labute approximate surface area is 95.2 Å². The van der Waals surface area contributed by atoms with Crippen molar-refractivity contribution in [2.75, 3.05) is 7.11 Å². The highest BCUT2D eigenvalue weighted by atomic mass is 16.5. The van der Waals surface area contributed by atoms with Gasteiger partial charge in [0.15, 0.2) is 11.5 Å². The normalized spacial score (nSPS) is 16.4. The molecule has 4 nitrogen and oxygen atoms in total. The standard InChI is InChI=1S/C12H17NO3/c1-15-12-7-13-9(8-14)6-11(12)16-10-4-2-3-5-10/h6-7,10,14H,2-5,8H2,1H3. The van der Waals surface area contributed by atoms with E-state index in [1.807, 2.05) is 0 Å². The minimum absolute atomic E-state index is 0.0784. The van der Waals surface area contributed by atoms with Crippen molar-refractivity contribution in [3.8, 4) is 11.5 Å². The van der Waals surface area contributed by atoms with E-state index in [1.165, 1.54) is 12.8 Å². The SMILES string of the molecule is COc1cnc(CO)cc1OC1CCCC1. The molecule has 0 aliphatic heterocycles. The molecule has 1 aliphatic carbocycles. The molecule has 0 saturated heterocycles. The number of hydrogen-bond donors (Lipinski definition) is 1. The molecule has 0 amide bonds. The van der Waals surface area contributed by atoms with Gasteiger partial charge in [0.05, 0.1) is 31.7 Å². The fraction of sp³-hybridized carbons (Fsp3) is 0.583. The van der Waals surface area contributed by atoms with Crippen LogP contribution in [0.4, 0.5) is 0 Å². The predicted molar refractivity (Wildman–Crippen MR) is 59.6 cm³/mol. The highest BCUT2D eigenvalue weighted by molar-refractivity contribution is 5.39. The van der Waals surface area contributed by atoms with Crippen molar-refractivity contribution in [1.82, 2.24) is 4.98 Å². The van der Waals surface area contributed by atoms with Crippen molar-refractivity contribution in [3.63, 3.8) is 0 Å². The fourth-order valence-electron chi connectivity index (χ4n) is 1.98. The Bertz CT molecular complexity index is 348. The number of rotatable bonds is 4. The van der Waals surface area contributed by atoms with Crippen molar-refractivity contribution < 1.29 is 14.6 Å². The van der Waals surface area contributed by atoms with E-state index >= 15 is 0 Å². The van der Waals surface area contributed by atoms with Crippen molar-refractivity contribution in [2.45, 2.75) is 38.4 Å². The highest BCUT2D eigenvalue weighted by Crippen LogP contribution is 2.31. The molecular weight excluding hydrogens is 206 g/mol. The summed E-state index contributed by atoms with van der Waals surface area (Å²) in [6.45, 7) is -0.0784. The first kappa shape index (κ1) is 11.2. The Hall–Kier alpha value is -1.29. The van der Waals surface area contributed by atoms with E-state index in [1.54, 1.807) is 19.4 Å². The molecule has 1 heterocycles. The number of aromatic nitrogens is 1. The third-order valence-electron chi connectivity index (χ3n) is 2.87. The van der Waals surface area contributed by atoms with Crippen LogP contribution in [0, 0.1) is 0 Å². The van der Waals surface area contributed by atoms with Crippen molar-refractivity contribution in [1.29, 1.82) is 0 Å². The van der Waals surface area contributed by atoms with E-state index in [-0.39, 0.29) is 12.7 Å². The van der Waals surface area contributed by atoms with Gasteiger partial charge in [-0.05, 0) is 25.7 Å². The monoisotopic (exact) mass is 223 g/mol. The third-order valence-corrected chi connectivity index (χ3v) is 2.87. The molecule has 1 aromatic heterocycles. The molecule has 1 N–H and O–H groups in total. The van der Waals surface area contributed by atoms with Crippen LogP contribution in [-0.4, -0.2) is 23.3 Å². The molecule has 0 radical (unpaired) electrons. The number of methoxy groups -OCH3 is 1. The van der Waals surface area contributed by atoms with Gasteiger partial charge in [-0.2, -0.15) is 0 Å². The van der Waals surface area contributed by atoms with Crippen molar-refractivity contribution in [3.05, 3.63) is 18.0 Å². The molecule has 1 fully saturated rings. The van der Waals surface area contributed by atoms with Crippen LogP contribution < -0.4 is 9.47 Å². The molecule has 1 aliphatic rings. The van der Waals surface area contributed by atoms with Crippen LogP contribution in [0.3, 0.4) is 0 Å². The largest absolute Gasteiger partial charge is 0.491 e. The topological polar surface area (TPSA) is 51.6 Å². The molecule has 0 spiro atoms. The van der Waals surface area contributed by atoms with E-state index in [0.717, 1.165) is 12.8 Å². The van der Waals surface area contributed by atoms with Gasteiger partial charge in [0.2, 0.25) is 0 Å². The first-order valence-electron chi connectivity index (χ1n) is 5.64. The lowest BCUT2D eigenvalue weighted by molar-refractivity contribution is 0.199. The Morgan fingerprint density at radius 1 is 1.38 bits per heavy atom. The number of ether oxygens (including phenoxy) is 2.